The number of hydrogen-bond acceptors (Lipinski definition) is 15. The lowest BCUT2D eigenvalue weighted by molar-refractivity contribution is -0.151. The lowest BCUT2D eigenvalue weighted by Crippen LogP contribution is -2.53. The Kier molecular flexibility index (Phi) is 23.6. The molecular formula is C62H81FN10O13. The number of halogens is 1. The van der Waals surface area contributed by atoms with Gasteiger partial charge < -0.3 is 54.9 Å². The standard InChI is InChI=1S/C62H81FN10O13/c1-40(2)57(67-52(75)11-8-7-9-24-73-53(76)20-21-54(73)77)60(81)65-44(6)59(80)66-48-16-14-45(15-17-48)39-84-61(82)70-29-31-71(32-30-70)62(83)85-51-19-13-42(4)58(86-56(79)37-50(74)18-12-41(51)3)43(5)33-46-34-47(63)36-49(35-46)68-25-27-69(28-26-68)55(78)38-72-23-10-22-64-72/h10,13-17,19-23,33-36,40-42,44,50-51,57-58,74H,7-9,11-12,18,24-32,37-39H2,1-6H3,(H,65,81)(H,66,80)(H,67,75)/b19-13+,43-33+/t41-,42-,44?,50+,51-,57?,58-/m0/s1. The maximum Gasteiger partial charge on any atom is 0.410 e. The fourth-order valence-electron chi connectivity index (χ4n) is 10.5. The molecule has 2 aromatic carbocycles. The Labute approximate surface area is 500 Å². The number of piperazine rings is 2. The van der Waals surface area contributed by atoms with E-state index < -0.39 is 72.1 Å². The Hall–Kier alpha value is -8.41. The number of benzene rings is 2. The van der Waals surface area contributed by atoms with Crippen molar-refractivity contribution < 1.29 is 66.9 Å². The number of anilines is 2. The Balaban J connectivity index is 0.846. The van der Waals surface area contributed by atoms with Crippen molar-refractivity contribution in [3.8, 4) is 0 Å². The van der Waals surface area contributed by atoms with Crippen LogP contribution in [0.25, 0.3) is 6.08 Å². The van der Waals surface area contributed by atoms with Crippen LogP contribution >= 0.6 is 0 Å². The van der Waals surface area contributed by atoms with E-state index in [4.69, 9.17) is 14.2 Å². The molecule has 1 aromatic heterocycles. The van der Waals surface area contributed by atoms with Crippen LogP contribution in [0.3, 0.4) is 0 Å². The Morgan fingerprint density at radius 2 is 1.49 bits per heavy atom. The molecule has 2 saturated heterocycles. The van der Waals surface area contributed by atoms with Gasteiger partial charge >= 0.3 is 18.2 Å². The molecule has 3 aromatic rings. The molecule has 464 valence electrons. The van der Waals surface area contributed by atoms with Gasteiger partial charge in [-0.15, -0.1) is 0 Å². The van der Waals surface area contributed by atoms with Crippen molar-refractivity contribution in [2.24, 2.45) is 17.8 Å². The number of amides is 8. The number of unbranched alkanes of at least 4 members (excludes halogenated alkanes) is 2. The second kappa shape index (κ2) is 31.1. The molecule has 7 atom stereocenters. The van der Waals surface area contributed by atoms with Crippen molar-refractivity contribution >= 4 is 71.0 Å². The number of aliphatic hydroxyl groups is 1. The number of hydrogen-bond donors (Lipinski definition) is 4. The minimum Gasteiger partial charge on any atom is -0.457 e. The van der Waals surface area contributed by atoms with E-state index >= 15 is 4.39 Å². The molecule has 7 rings (SSSR count). The molecule has 0 bridgehead atoms. The zero-order valence-corrected chi connectivity index (χ0v) is 49.9. The van der Waals surface area contributed by atoms with Crippen molar-refractivity contribution in [2.45, 2.75) is 130 Å². The summed E-state index contributed by atoms with van der Waals surface area (Å²) in [5.41, 5.74) is 2.89. The lowest BCUT2D eigenvalue weighted by Gasteiger charge is -2.36. The number of aromatic nitrogens is 2. The second-order valence-corrected chi connectivity index (χ2v) is 22.8. The van der Waals surface area contributed by atoms with Crippen molar-refractivity contribution in [3.63, 3.8) is 0 Å². The van der Waals surface area contributed by atoms with Gasteiger partial charge in [0.25, 0.3) is 11.8 Å². The molecule has 0 radical (unpaired) electrons. The topological polar surface area (TPSA) is 272 Å². The number of esters is 1. The highest BCUT2D eigenvalue weighted by atomic mass is 19.1. The average Bonchev–Trinajstić information content (AvgIpc) is 2.46. The summed E-state index contributed by atoms with van der Waals surface area (Å²) >= 11 is 0. The normalized spacial score (nSPS) is 21.6. The Morgan fingerprint density at radius 1 is 0.814 bits per heavy atom. The number of carbonyl (C=O) groups excluding carboxylic acids is 9. The monoisotopic (exact) mass is 1190 g/mol. The van der Waals surface area contributed by atoms with E-state index in [1.54, 1.807) is 85.2 Å². The largest absolute Gasteiger partial charge is 0.457 e. The molecule has 0 saturated carbocycles. The van der Waals surface area contributed by atoms with Crippen LogP contribution in [0.15, 0.2) is 90.8 Å². The SMILES string of the molecule is C/C(=C\c1cc(F)cc(N2CCN(C(=O)Cn3cccn3)CC2)c1)[C@H]1OC(=O)C[C@H](O)CC[C@H](C)[C@@H](OC(=O)N2CCN(C(=O)OCc3ccc(NC(=O)C(C)NC(=O)C(NC(=O)CCCCCN4C(=O)C=CC4=O)C(C)C)cc3)CC2)/C=C/[C@@H]1C. The highest BCUT2D eigenvalue weighted by Gasteiger charge is 2.32. The first-order valence-corrected chi connectivity index (χ1v) is 29.6. The summed E-state index contributed by atoms with van der Waals surface area (Å²) in [6.45, 7) is 13.6. The minimum atomic E-state index is -1.01. The highest BCUT2D eigenvalue weighted by molar-refractivity contribution is 6.12. The molecule has 24 heteroatoms. The summed E-state index contributed by atoms with van der Waals surface area (Å²) in [4.78, 5) is 124. The molecule has 4 aliphatic heterocycles. The van der Waals surface area contributed by atoms with E-state index in [9.17, 15) is 48.3 Å². The minimum absolute atomic E-state index is 0.0475. The van der Waals surface area contributed by atoms with Gasteiger partial charge in [-0.25, -0.2) is 14.0 Å². The van der Waals surface area contributed by atoms with Gasteiger partial charge in [0.05, 0.1) is 12.5 Å². The first-order valence-electron chi connectivity index (χ1n) is 29.6. The number of nitrogens with one attached hydrogen (secondary N) is 3. The van der Waals surface area contributed by atoms with E-state index in [-0.39, 0.29) is 101 Å². The maximum atomic E-state index is 15.3. The third-order valence-corrected chi connectivity index (χ3v) is 15.7. The molecule has 5 heterocycles. The van der Waals surface area contributed by atoms with E-state index in [0.717, 1.165) is 4.90 Å². The second-order valence-electron chi connectivity index (χ2n) is 22.8. The van der Waals surface area contributed by atoms with Crippen LogP contribution in [0.2, 0.25) is 0 Å². The first-order chi connectivity index (χ1) is 41.1. The number of nitrogens with zero attached hydrogens (tertiary/aromatic N) is 7. The van der Waals surface area contributed by atoms with Crippen molar-refractivity contribution in [1.29, 1.82) is 0 Å². The summed E-state index contributed by atoms with van der Waals surface area (Å²) in [5, 5.41) is 23.2. The van der Waals surface area contributed by atoms with Crippen molar-refractivity contribution in [1.82, 2.24) is 40.0 Å². The van der Waals surface area contributed by atoms with E-state index in [0.29, 0.717) is 79.9 Å². The number of cyclic esters (lactones) is 1. The number of rotatable bonds is 20. The van der Waals surface area contributed by atoms with Crippen LogP contribution in [-0.2, 0) is 60.9 Å². The van der Waals surface area contributed by atoms with Gasteiger partial charge in [0, 0.05) is 107 Å². The summed E-state index contributed by atoms with van der Waals surface area (Å²) in [6.07, 6.45) is 9.71. The summed E-state index contributed by atoms with van der Waals surface area (Å²) in [5.74, 6) is -4.11. The fraction of sp³-hybridized carbons (Fsp3) is 0.516. The Morgan fingerprint density at radius 3 is 2.15 bits per heavy atom. The van der Waals surface area contributed by atoms with Crippen LogP contribution in [0, 0.1) is 23.6 Å². The molecule has 4 N–H and O–H groups in total. The molecule has 2 fully saturated rings. The van der Waals surface area contributed by atoms with Crippen LogP contribution in [0.5, 0.6) is 0 Å². The first kappa shape index (κ1) is 65.1. The molecular weight excluding hydrogens is 1110 g/mol. The van der Waals surface area contributed by atoms with Crippen LogP contribution < -0.4 is 20.9 Å². The van der Waals surface area contributed by atoms with E-state index in [1.165, 1.54) is 41.0 Å². The third-order valence-electron chi connectivity index (χ3n) is 15.7. The summed E-state index contributed by atoms with van der Waals surface area (Å²) in [7, 11) is 0. The quantitative estimate of drug-likeness (QED) is 0.0353. The van der Waals surface area contributed by atoms with Crippen molar-refractivity contribution in [2.75, 3.05) is 69.1 Å². The number of aliphatic hydroxyl groups excluding tert-OH is 1. The van der Waals surface area contributed by atoms with Gasteiger partial charge in [-0.2, -0.15) is 5.10 Å². The van der Waals surface area contributed by atoms with Gasteiger partial charge in [0.1, 0.15) is 43.3 Å². The third kappa shape index (κ3) is 19.0. The molecule has 0 aliphatic carbocycles. The predicted molar refractivity (Wildman–Crippen MR) is 316 cm³/mol. The van der Waals surface area contributed by atoms with Crippen LogP contribution in [-0.4, -0.2) is 177 Å². The van der Waals surface area contributed by atoms with Crippen LogP contribution in [0.1, 0.15) is 97.6 Å². The molecule has 23 nitrogen and oxygen atoms in total. The highest BCUT2D eigenvalue weighted by Crippen LogP contribution is 2.28. The lowest BCUT2D eigenvalue weighted by atomic mass is 9.91. The molecule has 2 unspecified atom stereocenters. The van der Waals surface area contributed by atoms with E-state index in [2.05, 4.69) is 21.0 Å². The fourth-order valence-corrected chi connectivity index (χ4v) is 10.5. The number of carbonyl (C=O) groups is 9. The zero-order valence-electron chi connectivity index (χ0n) is 49.9. The van der Waals surface area contributed by atoms with Gasteiger partial charge in [0.2, 0.25) is 23.6 Å². The summed E-state index contributed by atoms with van der Waals surface area (Å²) < 4.78 is 34.6. The molecule has 86 heavy (non-hydrogen) atoms. The number of imide groups is 1. The average molecular weight is 1190 g/mol. The van der Waals surface area contributed by atoms with Crippen LogP contribution in [0.4, 0.5) is 25.4 Å². The summed E-state index contributed by atoms with van der Waals surface area (Å²) in [6, 6.07) is 11.2. The van der Waals surface area contributed by atoms with Gasteiger partial charge in [0.15, 0.2) is 0 Å². The zero-order chi connectivity index (χ0) is 62.0. The van der Waals surface area contributed by atoms with Gasteiger partial charge in [-0.3, -0.25) is 43.1 Å². The molecule has 4 aliphatic rings. The predicted octanol–water partition coefficient (Wildman–Crippen LogP) is 5.59. The Bertz CT molecular complexity index is 2950. The number of ether oxygens (including phenoxy) is 3. The smallest absolute Gasteiger partial charge is 0.410 e. The van der Waals surface area contributed by atoms with Gasteiger partial charge in [-0.05, 0) is 111 Å². The maximum absolute atomic E-state index is 15.3. The van der Waals surface area contributed by atoms with E-state index in [1.807, 2.05) is 30.9 Å². The molecule has 8 amide bonds. The molecule has 0 spiro atoms. The van der Waals surface area contributed by atoms with Crippen molar-refractivity contribution in [3.05, 3.63) is 108 Å². The van der Waals surface area contributed by atoms with Gasteiger partial charge in [-0.1, -0.05) is 58.4 Å².